The number of amides is 1. The lowest BCUT2D eigenvalue weighted by Crippen LogP contribution is -2.38. The molecule has 3 heterocycles. The third-order valence-corrected chi connectivity index (χ3v) is 5.79. The number of aromatic nitrogens is 3. The molecular weight excluding hydrogens is 355 g/mol. The summed E-state index contributed by atoms with van der Waals surface area (Å²) in [6.45, 7) is 2.48. The number of likely N-dealkylation sites (tertiary alicyclic amines) is 1. The van der Waals surface area contributed by atoms with Gasteiger partial charge in [0.25, 0.3) is 11.1 Å². The average Bonchev–Trinajstić information content (AvgIpc) is 3.23. The first-order valence-corrected chi connectivity index (χ1v) is 9.36. The molecule has 2 aromatic heterocycles. The largest absolute Gasteiger partial charge is 0.473 e. The summed E-state index contributed by atoms with van der Waals surface area (Å²) in [4.78, 5) is 27.6. The molecule has 1 atom stereocenters. The number of halogens is 1. The first kappa shape index (κ1) is 17.0. The summed E-state index contributed by atoms with van der Waals surface area (Å²) in [6.07, 6.45) is 2.79. The molecule has 0 radical (unpaired) electrons. The van der Waals surface area contributed by atoms with E-state index in [1.165, 1.54) is 23.5 Å². The van der Waals surface area contributed by atoms with Crippen LogP contribution in [0.3, 0.4) is 0 Å². The van der Waals surface area contributed by atoms with E-state index in [2.05, 4.69) is 15.0 Å². The Kier molecular flexibility index (Phi) is 4.36. The summed E-state index contributed by atoms with van der Waals surface area (Å²) in [5, 5.41) is 0.485. The standard InChI is InChI=1S/C18H19FN4O2S/c1-10-15(26-18(20-10)25-2)17(24)23-8-4-3-5-14(23)16-21-12-7-6-11(19)9-13(12)22-16/h6-7,9,14H,3-5,8H2,1-2H3,(H,21,22)/t14-/m1/s1. The van der Waals surface area contributed by atoms with Crippen molar-refractivity contribution < 1.29 is 13.9 Å². The molecule has 0 saturated carbocycles. The zero-order chi connectivity index (χ0) is 18.3. The van der Waals surface area contributed by atoms with Gasteiger partial charge in [0, 0.05) is 6.54 Å². The van der Waals surface area contributed by atoms with E-state index in [0.717, 1.165) is 19.3 Å². The van der Waals surface area contributed by atoms with E-state index in [1.54, 1.807) is 13.2 Å². The SMILES string of the molecule is COc1nc(C)c(C(=O)N2CCCC[C@@H]2c2nc3ccc(F)cc3[nH]2)s1. The van der Waals surface area contributed by atoms with Crippen molar-refractivity contribution in [1.82, 2.24) is 19.9 Å². The Hall–Kier alpha value is -2.48. The molecule has 1 amide bonds. The second-order valence-corrected chi connectivity index (χ2v) is 7.35. The van der Waals surface area contributed by atoms with E-state index < -0.39 is 0 Å². The van der Waals surface area contributed by atoms with Gasteiger partial charge in [-0.3, -0.25) is 4.79 Å². The van der Waals surface area contributed by atoms with E-state index in [4.69, 9.17) is 4.74 Å². The second kappa shape index (κ2) is 6.68. The summed E-state index contributed by atoms with van der Waals surface area (Å²) >= 11 is 1.26. The highest BCUT2D eigenvalue weighted by atomic mass is 32.1. The highest BCUT2D eigenvalue weighted by molar-refractivity contribution is 7.15. The molecule has 1 fully saturated rings. The number of thiazole rings is 1. The molecule has 1 aliphatic rings. The third kappa shape index (κ3) is 2.94. The number of H-pyrrole nitrogens is 1. The normalized spacial score (nSPS) is 17.7. The number of hydrogen-bond acceptors (Lipinski definition) is 5. The molecule has 0 aliphatic carbocycles. The van der Waals surface area contributed by atoms with Crippen molar-refractivity contribution in [2.75, 3.05) is 13.7 Å². The Morgan fingerprint density at radius 2 is 2.23 bits per heavy atom. The number of hydrogen-bond donors (Lipinski definition) is 1. The number of piperidine rings is 1. The molecule has 1 aliphatic heterocycles. The van der Waals surface area contributed by atoms with Crippen LogP contribution in [0, 0.1) is 12.7 Å². The van der Waals surface area contributed by atoms with E-state index in [0.29, 0.717) is 39.2 Å². The Morgan fingerprint density at radius 3 is 3.00 bits per heavy atom. The first-order valence-electron chi connectivity index (χ1n) is 8.54. The zero-order valence-electron chi connectivity index (χ0n) is 14.6. The van der Waals surface area contributed by atoms with Gasteiger partial charge in [0.05, 0.1) is 29.9 Å². The fraction of sp³-hybridized carbons (Fsp3) is 0.389. The van der Waals surface area contributed by atoms with Gasteiger partial charge in [-0.15, -0.1) is 0 Å². The van der Waals surface area contributed by atoms with Crippen LogP contribution in [0.2, 0.25) is 0 Å². The van der Waals surface area contributed by atoms with Crippen molar-refractivity contribution in [1.29, 1.82) is 0 Å². The lowest BCUT2D eigenvalue weighted by atomic mass is 10.0. The molecule has 0 unspecified atom stereocenters. The monoisotopic (exact) mass is 374 g/mol. The number of aryl methyl sites for hydroxylation is 1. The van der Waals surface area contributed by atoms with Crippen LogP contribution in [0.25, 0.3) is 11.0 Å². The number of rotatable bonds is 3. The molecular formula is C18H19FN4O2S. The van der Waals surface area contributed by atoms with Crippen molar-refractivity contribution >= 4 is 28.3 Å². The molecule has 1 saturated heterocycles. The minimum absolute atomic E-state index is 0.0559. The van der Waals surface area contributed by atoms with Crippen molar-refractivity contribution in [3.63, 3.8) is 0 Å². The molecule has 0 bridgehead atoms. The van der Waals surface area contributed by atoms with Gasteiger partial charge in [-0.1, -0.05) is 11.3 Å². The third-order valence-electron chi connectivity index (χ3n) is 4.69. The Labute approximate surface area is 154 Å². The second-order valence-electron chi connectivity index (χ2n) is 6.39. The van der Waals surface area contributed by atoms with Crippen molar-refractivity contribution in [2.45, 2.75) is 32.2 Å². The number of benzene rings is 1. The number of carbonyl (C=O) groups excluding carboxylic acids is 1. The predicted octanol–water partition coefficient (Wildman–Crippen LogP) is 3.84. The zero-order valence-corrected chi connectivity index (χ0v) is 15.4. The highest BCUT2D eigenvalue weighted by Gasteiger charge is 2.32. The van der Waals surface area contributed by atoms with Crippen LogP contribution in [-0.2, 0) is 0 Å². The Morgan fingerprint density at radius 1 is 1.38 bits per heavy atom. The number of nitrogens with one attached hydrogen (secondary N) is 1. The van der Waals surface area contributed by atoms with Crippen LogP contribution in [0.1, 0.15) is 46.5 Å². The van der Waals surface area contributed by atoms with E-state index in [-0.39, 0.29) is 17.8 Å². The number of imidazole rings is 1. The van der Waals surface area contributed by atoms with E-state index in [1.807, 2.05) is 11.8 Å². The maximum absolute atomic E-state index is 13.5. The van der Waals surface area contributed by atoms with Crippen molar-refractivity contribution in [3.05, 3.63) is 40.4 Å². The maximum Gasteiger partial charge on any atom is 0.273 e. The Balaban J connectivity index is 1.69. The quantitative estimate of drug-likeness (QED) is 0.756. The Bertz CT molecular complexity index is 967. The summed E-state index contributed by atoms with van der Waals surface area (Å²) in [5.41, 5.74) is 2.02. The van der Waals surface area contributed by atoms with Gasteiger partial charge in [-0.25, -0.2) is 14.4 Å². The summed E-state index contributed by atoms with van der Waals surface area (Å²) in [7, 11) is 1.55. The van der Waals surface area contributed by atoms with Crippen molar-refractivity contribution in [3.8, 4) is 5.19 Å². The summed E-state index contributed by atoms with van der Waals surface area (Å²) in [5.74, 6) is 0.337. The number of carbonyl (C=O) groups is 1. The lowest BCUT2D eigenvalue weighted by molar-refractivity contribution is 0.0605. The van der Waals surface area contributed by atoms with Gasteiger partial charge in [-0.05, 0) is 44.4 Å². The predicted molar refractivity (Wildman–Crippen MR) is 97.1 cm³/mol. The van der Waals surface area contributed by atoms with Crippen LogP contribution >= 0.6 is 11.3 Å². The van der Waals surface area contributed by atoms with Gasteiger partial charge in [0.2, 0.25) is 0 Å². The number of nitrogens with zero attached hydrogens (tertiary/aromatic N) is 3. The molecule has 3 aromatic rings. The van der Waals surface area contributed by atoms with E-state index >= 15 is 0 Å². The van der Waals surface area contributed by atoms with Crippen LogP contribution in [-0.4, -0.2) is 39.4 Å². The van der Waals surface area contributed by atoms with Gasteiger partial charge in [0.1, 0.15) is 16.5 Å². The van der Waals surface area contributed by atoms with Crippen LogP contribution in [0.15, 0.2) is 18.2 Å². The van der Waals surface area contributed by atoms with Crippen LogP contribution < -0.4 is 4.74 Å². The topological polar surface area (TPSA) is 71.1 Å². The molecule has 8 heteroatoms. The molecule has 136 valence electrons. The van der Waals surface area contributed by atoms with Gasteiger partial charge >= 0.3 is 0 Å². The van der Waals surface area contributed by atoms with Gasteiger partial charge in [0.15, 0.2) is 0 Å². The number of ether oxygens (including phenoxy) is 1. The number of fused-ring (bicyclic) bond motifs is 1. The first-order chi connectivity index (χ1) is 12.6. The maximum atomic E-state index is 13.5. The van der Waals surface area contributed by atoms with Crippen LogP contribution in [0.5, 0.6) is 5.19 Å². The number of aromatic amines is 1. The molecule has 0 spiro atoms. The molecule has 26 heavy (non-hydrogen) atoms. The fourth-order valence-electron chi connectivity index (χ4n) is 3.41. The minimum atomic E-state index is -0.309. The van der Waals surface area contributed by atoms with Gasteiger partial charge < -0.3 is 14.6 Å². The molecule has 6 nitrogen and oxygen atoms in total. The lowest BCUT2D eigenvalue weighted by Gasteiger charge is -2.34. The highest BCUT2D eigenvalue weighted by Crippen LogP contribution is 2.34. The average molecular weight is 374 g/mol. The smallest absolute Gasteiger partial charge is 0.273 e. The van der Waals surface area contributed by atoms with Crippen molar-refractivity contribution in [2.24, 2.45) is 0 Å². The summed E-state index contributed by atoms with van der Waals surface area (Å²) < 4.78 is 18.6. The van der Waals surface area contributed by atoms with Gasteiger partial charge in [-0.2, -0.15) is 0 Å². The molecule has 4 rings (SSSR count). The number of methoxy groups -OCH3 is 1. The summed E-state index contributed by atoms with van der Waals surface area (Å²) in [6, 6.07) is 4.32. The van der Waals surface area contributed by atoms with Crippen LogP contribution in [0.4, 0.5) is 4.39 Å². The fourth-order valence-corrected chi connectivity index (χ4v) is 4.24. The van der Waals surface area contributed by atoms with E-state index in [9.17, 15) is 9.18 Å². The molecule has 1 N–H and O–H groups in total. The minimum Gasteiger partial charge on any atom is -0.473 e. The molecule has 1 aromatic carbocycles.